The fourth-order valence-electron chi connectivity index (χ4n) is 3.16. The van der Waals surface area contributed by atoms with Crippen LogP contribution in [0.5, 0.6) is 0 Å². The third-order valence-electron chi connectivity index (χ3n) is 5.03. The molecule has 3 rings (SSSR count). The van der Waals surface area contributed by atoms with Crippen molar-refractivity contribution in [2.45, 2.75) is 24.6 Å². The Labute approximate surface area is 220 Å². The molecule has 0 bridgehead atoms. The summed E-state index contributed by atoms with van der Waals surface area (Å²) in [5, 5.41) is 11.8. The van der Waals surface area contributed by atoms with Crippen molar-refractivity contribution in [2.75, 3.05) is 5.32 Å². The first-order valence-electron chi connectivity index (χ1n) is 10.9. The molecule has 15 heteroatoms. The molecule has 2 aromatic carbocycles. The van der Waals surface area contributed by atoms with Gasteiger partial charge in [0.15, 0.2) is 0 Å². The summed E-state index contributed by atoms with van der Waals surface area (Å²) in [5.74, 6) is -6.70. The van der Waals surface area contributed by atoms with Crippen molar-refractivity contribution >= 4 is 29.5 Å². The van der Waals surface area contributed by atoms with Crippen LogP contribution in [0.3, 0.4) is 0 Å². The highest BCUT2D eigenvalue weighted by molar-refractivity contribution is 6.01. The number of ether oxygens (including phenoxy) is 2. The lowest BCUT2D eigenvalue weighted by molar-refractivity contribution is -0.157. The molecule has 0 saturated carbocycles. The summed E-state index contributed by atoms with van der Waals surface area (Å²) in [4.78, 5) is 53.9. The molecule has 0 aliphatic rings. The molecule has 0 aliphatic heterocycles. The molecule has 0 fully saturated rings. The number of hydrogen-bond acceptors (Lipinski definition) is 7. The van der Waals surface area contributed by atoms with Gasteiger partial charge in [-0.05, 0) is 48.5 Å². The van der Waals surface area contributed by atoms with E-state index in [1.54, 1.807) is 0 Å². The van der Waals surface area contributed by atoms with Gasteiger partial charge in [-0.3, -0.25) is 9.78 Å². The fraction of sp³-hybridized carbons (Fsp3) is 0.160. The molecule has 1 aromatic heterocycles. The highest BCUT2D eigenvalue weighted by Crippen LogP contribution is 2.31. The minimum absolute atomic E-state index is 0.0408. The van der Waals surface area contributed by atoms with Gasteiger partial charge in [0.2, 0.25) is 12.2 Å². The number of aromatic nitrogens is 1. The van der Waals surface area contributed by atoms with Crippen LogP contribution in [0.2, 0.25) is 0 Å². The van der Waals surface area contributed by atoms with Crippen molar-refractivity contribution in [3.63, 3.8) is 0 Å². The van der Waals surface area contributed by atoms with E-state index in [9.17, 15) is 50.6 Å². The number of amides is 1. The predicted molar refractivity (Wildman–Crippen MR) is 122 cm³/mol. The summed E-state index contributed by atoms with van der Waals surface area (Å²) in [5.41, 5.74) is -4.06. The quantitative estimate of drug-likeness (QED) is 0.297. The SMILES string of the molecule is O=C(O[C@@H](C(=O)O)[C@@H](OC(=O)c1cccc(C(F)(F)F)c1)C(=O)Nc1cccnc1)c1cccc(C(F)(F)F)c1. The van der Waals surface area contributed by atoms with E-state index in [2.05, 4.69) is 10.3 Å². The normalized spacial score (nSPS) is 13.1. The maximum absolute atomic E-state index is 13.1. The van der Waals surface area contributed by atoms with E-state index in [1.165, 1.54) is 18.3 Å². The van der Waals surface area contributed by atoms with Crippen LogP contribution in [0.4, 0.5) is 32.0 Å². The monoisotopic (exact) mass is 570 g/mol. The second-order valence-electron chi connectivity index (χ2n) is 7.88. The van der Waals surface area contributed by atoms with Gasteiger partial charge in [0.1, 0.15) is 0 Å². The maximum atomic E-state index is 13.1. The molecule has 0 radical (unpaired) electrons. The molecular formula is C25H16F6N2O7. The van der Waals surface area contributed by atoms with E-state index in [0.29, 0.717) is 24.3 Å². The number of benzene rings is 2. The molecule has 0 aliphatic carbocycles. The number of pyridine rings is 1. The number of nitrogens with one attached hydrogen (secondary N) is 1. The number of esters is 2. The Kier molecular flexibility index (Phi) is 8.76. The summed E-state index contributed by atoms with van der Waals surface area (Å²) in [6.45, 7) is 0. The molecule has 40 heavy (non-hydrogen) atoms. The second kappa shape index (κ2) is 11.8. The van der Waals surface area contributed by atoms with Crippen LogP contribution in [0.25, 0.3) is 0 Å². The van der Waals surface area contributed by atoms with E-state index < -0.39 is 70.6 Å². The molecular weight excluding hydrogens is 554 g/mol. The van der Waals surface area contributed by atoms with Crippen LogP contribution >= 0.6 is 0 Å². The fourth-order valence-corrected chi connectivity index (χ4v) is 3.16. The summed E-state index contributed by atoms with van der Waals surface area (Å²) < 4.78 is 88.0. The zero-order valence-electron chi connectivity index (χ0n) is 19.7. The zero-order valence-corrected chi connectivity index (χ0v) is 19.7. The molecule has 2 N–H and O–H groups in total. The Bertz CT molecular complexity index is 1410. The molecule has 1 amide bonds. The Hall–Kier alpha value is -4.95. The van der Waals surface area contributed by atoms with Crippen LogP contribution in [-0.4, -0.2) is 46.1 Å². The topological polar surface area (TPSA) is 132 Å². The van der Waals surface area contributed by atoms with Gasteiger partial charge in [0.25, 0.3) is 5.91 Å². The smallest absolute Gasteiger partial charge is 0.416 e. The van der Waals surface area contributed by atoms with Crippen LogP contribution in [0.15, 0.2) is 73.1 Å². The lowest BCUT2D eigenvalue weighted by atomic mass is 10.1. The average Bonchev–Trinajstić information content (AvgIpc) is 2.90. The summed E-state index contributed by atoms with van der Waals surface area (Å²) in [6.07, 6.45) is -12.5. The van der Waals surface area contributed by atoms with Crippen LogP contribution in [0.1, 0.15) is 31.8 Å². The molecule has 210 valence electrons. The third-order valence-corrected chi connectivity index (χ3v) is 5.03. The van der Waals surface area contributed by atoms with Gasteiger partial charge in [-0.2, -0.15) is 26.3 Å². The largest absolute Gasteiger partial charge is 0.478 e. The Morgan fingerprint density at radius 2 is 1.25 bits per heavy atom. The van der Waals surface area contributed by atoms with Crippen molar-refractivity contribution in [1.29, 1.82) is 0 Å². The van der Waals surface area contributed by atoms with E-state index in [1.807, 2.05) is 0 Å². The average molecular weight is 570 g/mol. The first-order valence-corrected chi connectivity index (χ1v) is 10.9. The Morgan fingerprint density at radius 1 is 0.750 bits per heavy atom. The minimum Gasteiger partial charge on any atom is -0.478 e. The first-order chi connectivity index (χ1) is 18.7. The highest BCUT2D eigenvalue weighted by atomic mass is 19.4. The summed E-state index contributed by atoms with van der Waals surface area (Å²) in [7, 11) is 0. The van der Waals surface area contributed by atoms with E-state index in [0.717, 1.165) is 30.5 Å². The van der Waals surface area contributed by atoms with Gasteiger partial charge in [0.05, 0.1) is 34.1 Å². The van der Waals surface area contributed by atoms with Gasteiger partial charge in [-0.1, -0.05) is 12.1 Å². The minimum atomic E-state index is -4.87. The number of aliphatic carboxylic acids is 1. The summed E-state index contributed by atoms with van der Waals surface area (Å²) in [6, 6.07) is 8.12. The van der Waals surface area contributed by atoms with Gasteiger partial charge >= 0.3 is 30.3 Å². The van der Waals surface area contributed by atoms with E-state index in [4.69, 9.17) is 9.47 Å². The number of alkyl halides is 6. The molecule has 1 heterocycles. The van der Waals surface area contributed by atoms with E-state index >= 15 is 0 Å². The molecule has 0 unspecified atom stereocenters. The van der Waals surface area contributed by atoms with Gasteiger partial charge < -0.3 is 19.9 Å². The lowest BCUT2D eigenvalue weighted by Crippen LogP contribution is -2.48. The summed E-state index contributed by atoms with van der Waals surface area (Å²) >= 11 is 0. The number of carbonyl (C=O) groups excluding carboxylic acids is 3. The highest BCUT2D eigenvalue weighted by Gasteiger charge is 2.42. The van der Waals surface area contributed by atoms with Crippen molar-refractivity contribution in [3.8, 4) is 0 Å². The lowest BCUT2D eigenvalue weighted by Gasteiger charge is -2.23. The van der Waals surface area contributed by atoms with E-state index in [-0.39, 0.29) is 5.69 Å². The van der Waals surface area contributed by atoms with Crippen molar-refractivity contribution in [2.24, 2.45) is 0 Å². The Balaban J connectivity index is 1.95. The maximum Gasteiger partial charge on any atom is 0.416 e. The van der Waals surface area contributed by atoms with Crippen molar-refractivity contribution in [1.82, 2.24) is 4.98 Å². The molecule has 2 atom stereocenters. The molecule has 3 aromatic rings. The van der Waals surface area contributed by atoms with Crippen LogP contribution in [-0.2, 0) is 31.4 Å². The zero-order chi connectivity index (χ0) is 29.7. The second-order valence-corrected chi connectivity index (χ2v) is 7.88. The molecule has 0 spiro atoms. The number of nitrogens with zero attached hydrogens (tertiary/aromatic N) is 1. The predicted octanol–water partition coefficient (Wildman–Crippen LogP) is 4.59. The first kappa shape index (κ1) is 29.6. The number of carbonyl (C=O) groups is 4. The van der Waals surface area contributed by atoms with Gasteiger partial charge in [0, 0.05) is 6.20 Å². The number of halogens is 6. The Morgan fingerprint density at radius 3 is 1.68 bits per heavy atom. The third kappa shape index (κ3) is 7.55. The number of carboxylic acid groups (broad SMARTS) is 1. The molecule has 9 nitrogen and oxygen atoms in total. The molecule has 0 saturated heterocycles. The number of hydrogen-bond donors (Lipinski definition) is 2. The van der Waals surface area contributed by atoms with Crippen molar-refractivity contribution in [3.05, 3.63) is 95.3 Å². The number of rotatable bonds is 8. The van der Waals surface area contributed by atoms with Crippen LogP contribution in [0, 0.1) is 0 Å². The van der Waals surface area contributed by atoms with Gasteiger partial charge in [-0.25, -0.2) is 14.4 Å². The van der Waals surface area contributed by atoms with Gasteiger partial charge in [-0.15, -0.1) is 0 Å². The number of carboxylic acids is 1. The van der Waals surface area contributed by atoms with Crippen LogP contribution < -0.4 is 5.32 Å². The standard InChI is InChI=1S/C25H16F6N2O7/c26-24(27,28)15-6-1-4-13(10-15)22(37)39-18(20(34)33-17-8-3-9-32-12-17)19(21(35)36)40-23(38)14-5-2-7-16(11-14)25(29,30)31/h1-12,18-19H,(H,33,34)(H,35,36)/t18-,19-/m1/s1. The number of anilines is 1. The van der Waals surface area contributed by atoms with Crippen molar-refractivity contribution < 1.29 is 60.1 Å².